The molecule has 1 aromatic carbocycles. The van der Waals surface area contributed by atoms with E-state index in [0.717, 1.165) is 5.56 Å². The highest BCUT2D eigenvalue weighted by atomic mass is 16.5. The molecular weight excluding hydrogens is 392 g/mol. The maximum atomic E-state index is 12.6. The Balaban J connectivity index is 0.00000233. The minimum absolute atomic E-state index is 0.0148. The predicted octanol–water partition coefficient (Wildman–Crippen LogP) is 3.80. The number of hydrogen-bond acceptors (Lipinski definition) is 5. The molecule has 1 aromatic heterocycles. The lowest BCUT2D eigenvalue weighted by Crippen LogP contribution is -2.29. The molecule has 31 heavy (non-hydrogen) atoms. The van der Waals surface area contributed by atoms with E-state index in [-0.39, 0.29) is 18.0 Å². The number of aliphatic hydroxyl groups excluding tert-OH is 1. The number of allylic oxidation sites excluding steroid dienone is 1. The molecule has 0 atom stereocenters. The first-order valence-corrected chi connectivity index (χ1v) is 10.6. The van der Waals surface area contributed by atoms with Crippen LogP contribution in [0.4, 0.5) is 5.69 Å². The normalized spacial score (nSPS) is 10.7. The molecule has 0 bridgehead atoms. The van der Waals surface area contributed by atoms with E-state index in [9.17, 15) is 4.79 Å². The Kier molecular flexibility index (Phi) is 11.1. The van der Waals surface area contributed by atoms with Gasteiger partial charge in [0.1, 0.15) is 0 Å². The first-order valence-electron chi connectivity index (χ1n) is 10.6. The monoisotopic (exact) mass is 428 g/mol. The van der Waals surface area contributed by atoms with Crippen LogP contribution in [0.15, 0.2) is 36.5 Å². The molecule has 0 aliphatic carbocycles. The van der Waals surface area contributed by atoms with Gasteiger partial charge in [0.2, 0.25) is 0 Å². The number of carbonyl (C=O) groups is 1. The highest BCUT2D eigenvalue weighted by Crippen LogP contribution is 2.16. The van der Waals surface area contributed by atoms with Gasteiger partial charge in [-0.2, -0.15) is 0 Å². The third-order valence-corrected chi connectivity index (χ3v) is 4.74. The average molecular weight is 429 g/mol. The standard InChI is InChI=1S/C22H30N4O3.C2H6/c1-5-20(29-4)26-14-17(22(28)24-10-7-11-27)12-19(21(26)23)25-13-18-15(2)8-6-9-16(18)3;1-2/h5-6,8-9,12,14,23,25,27H,7,10-11,13H2,1-4H3,(H,24,28);1-2H3/b20-5-,23-21?;. The molecule has 7 heteroatoms. The number of carbonyl (C=O) groups excluding carboxylic acids is 1. The number of nitrogens with one attached hydrogen (secondary N) is 3. The van der Waals surface area contributed by atoms with Crippen LogP contribution in [0, 0.1) is 19.3 Å². The Morgan fingerprint density at radius 3 is 2.45 bits per heavy atom. The van der Waals surface area contributed by atoms with Crippen molar-refractivity contribution >= 4 is 17.5 Å². The SMILES string of the molecule is C/C=C(\OC)n1cc(C(=O)NCCCO)cc(NCc2c(C)cccc2C)c1=N.CC. The molecule has 0 unspecified atom stereocenters. The summed E-state index contributed by atoms with van der Waals surface area (Å²) in [6.07, 6.45) is 3.80. The number of rotatable bonds is 9. The Morgan fingerprint density at radius 2 is 1.90 bits per heavy atom. The van der Waals surface area contributed by atoms with E-state index in [1.807, 2.05) is 26.8 Å². The highest BCUT2D eigenvalue weighted by molar-refractivity contribution is 5.94. The highest BCUT2D eigenvalue weighted by Gasteiger charge is 2.13. The first-order chi connectivity index (χ1) is 14.9. The number of hydrogen-bond donors (Lipinski definition) is 4. The summed E-state index contributed by atoms with van der Waals surface area (Å²) in [5.74, 6) is 0.184. The van der Waals surface area contributed by atoms with Gasteiger partial charge in [-0.15, -0.1) is 0 Å². The minimum atomic E-state index is -0.270. The first kappa shape index (κ1) is 26.0. The molecule has 2 aromatic rings. The number of aliphatic hydroxyl groups is 1. The van der Waals surface area contributed by atoms with Crippen LogP contribution in [0.3, 0.4) is 0 Å². The van der Waals surface area contributed by atoms with E-state index in [2.05, 4.69) is 36.6 Å². The van der Waals surface area contributed by atoms with Crippen molar-refractivity contribution in [1.82, 2.24) is 9.88 Å². The molecule has 170 valence electrons. The lowest BCUT2D eigenvalue weighted by Gasteiger charge is -2.17. The van der Waals surface area contributed by atoms with Crippen LogP contribution in [-0.2, 0) is 11.3 Å². The van der Waals surface area contributed by atoms with Crippen molar-refractivity contribution < 1.29 is 14.6 Å². The van der Waals surface area contributed by atoms with Crippen LogP contribution in [0.5, 0.6) is 0 Å². The Hall–Kier alpha value is -3.06. The number of nitrogens with zero attached hydrogens (tertiary/aromatic N) is 1. The van der Waals surface area contributed by atoms with Crippen molar-refractivity contribution in [3.63, 3.8) is 0 Å². The molecular formula is C24H36N4O3. The van der Waals surface area contributed by atoms with Gasteiger partial charge in [0, 0.05) is 25.9 Å². The molecule has 4 N–H and O–H groups in total. The fourth-order valence-electron chi connectivity index (χ4n) is 3.08. The predicted molar refractivity (Wildman–Crippen MR) is 126 cm³/mol. The smallest absolute Gasteiger partial charge is 0.252 e. The molecule has 0 saturated heterocycles. The van der Waals surface area contributed by atoms with Gasteiger partial charge in [0.05, 0.1) is 18.4 Å². The van der Waals surface area contributed by atoms with Crippen LogP contribution in [-0.4, -0.2) is 35.8 Å². The third kappa shape index (κ3) is 7.00. The van der Waals surface area contributed by atoms with Crippen LogP contribution < -0.4 is 16.1 Å². The number of aromatic nitrogens is 1. The summed E-state index contributed by atoms with van der Waals surface area (Å²) in [7, 11) is 1.53. The number of methoxy groups -OCH3 is 1. The summed E-state index contributed by atoms with van der Waals surface area (Å²) in [5.41, 5.74) is 4.62. The molecule has 0 aliphatic heterocycles. The molecule has 1 amide bonds. The summed E-state index contributed by atoms with van der Waals surface area (Å²) in [5, 5.41) is 23.6. The third-order valence-electron chi connectivity index (χ3n) is 4.74. The van der Waals surface area contributed by atoms with Gasteiger partial charge in [-0.25, -0.2) is 0 Å². The zero-order valence-electron chi connectivity index (χ0n) is 19.5. The van der Waals surface area contributed by atoms with Crippen LogP contribution in [0.2, 0.25) is 0 Å². The lowest BCUT2D eigenvalue weighted by atomic mass is 10.0. The number of anilines is 1. The number of pyridine rings is 1. The molecule has 0 radical (unpaired) electrons. The van der Waals surface area contributed by atoms with Gasteiger partial charge in [-0.3, -0.25) is 14.8 Å². The summed E-state index contributed by atoms with van der Waals surface area (Å²) in [6.45, 7) is 10.9. The van der Waals surface area contributed by atoms with Crippen LogP contribution in [0.1, 0.15) is 54.2 Å². The zero-order chi connectivity index (χ0) is 23.4. The number of benzene rings is 1. The summed E-state index contributed by atoms with van der Waals surface area (Å²) in [6, 6.07) is 7.80. The molecule has 0 fully saturated rings. The molecule has 0 spiro atoms. The molecule has 2 rings (SSSR count). The molecule has 1 heterocycles. The molecule has 0 saturated carbocycles. The van der Waals surface area contributed by atoms with Crippen molar-refractivity contribution in [1.29, 1.82) is 5.41 Å². The van der Waals surface area contributed by atoms with Gasteiger partial charge in [0.25, 0.3) is 5.91 Å². The largest absolute Gasteiger partial charge is 0.482 e. The fourth-order valence-corrected chi connectivity index (χ4v) is 3.08. The quantitative estimate of drug-likeness (QED) is 0.361. The van der Waals surface area contributed by atoms with Gasteiger partial charge < -0.3 is 20.5 Å². The Bertz CT molecular complexity index is 928. The van der Waals surface area contributed by atoms with Crippen LogP contribution in [0.25, 0.3) is 5.88 Å². The second kappa shape index (κ2) is 13.3. The maximum absolute atomic E-state index is 12.6. The lowest BCUT2D eigenvalue weighted by molar-refractivity contribution is 0.0950. The van der Waals surface area contributed by atoms with E-state index in [1.165, 1.54) is 22.8 Å². The van der Waals surface area contributed by atoms with Crippen LogP contribution >= 0.6 is 0 Å². The van der Waals surface area contributed by atoms with E-state index in [4.69, 9.17) is 15.3 Å². The number of aryl methyl sites for hydroxylation is 2. The topological polar surface area (TPSA) is 99.4 Å². The van der Waals surface area contributed by atoms with Crippen molar-refractivity contribution in [2.75, 3.05) is 25.6 Å². The van der Waals surface area contributed by atoms with Gasteiger partial charge in [-0.1, -0.05) is 32.0 Å². The zero-order valence-corrected chi connectivity index (χ0v) is 19.5. The summed E-state index contributed by atoms with van der Waals surface area (Å²) >= 11 is 0. The van der Waals surface area contributed by atoms with E-state index in [0.29, 0.717) is 36.6 Å². The Labute approximate surface area is 185 Å². The van der Waals surface area contributed by atoms with Gasteiger partial charge >= 0.3 is 0 Å². The maximum Gasteiger partial charge on any atom is 0.252 e. The Morgan fingerprint density at radius 1 is 1.26 bits per heavy atom. The van der Waals surface area contributed by atoms with E-state index in [1.54, 1.807) is 18.3 Å². The van der Waals surface area contributed by atoms with E-state index < -0.39 is 0 Å². The van der Waals surface area contributed by atoms with E-state index >= 15 is 0 Å². The van der Waals surface area contributed by atoms with Crippen molar-refractivity contribution in [3.8, 4) is 0 Å². The van der Waals surface area contributed by atoms with Crippen molar-refractivity contribution in [2.45, 2.75) is 47.6 Å². The summed E-state index contributed by atoms with van der Waals surface area (Å²) < 4.78 is 6.90. The molecule has 0 aliphatic rings. The number of amides is 1. The average Bonchev–Trinajstić information content (AvgIpc) is 2.77. The summed E-state index contributed by atoms with van der Waals surface area (Å²) in [4.78, 5) is 12.6. The van der Waals surface area contributed by atoms with Crippen molar-refractivity contribution in [3.05, 3.63) is 64.3 Å². The van der Waals surface area contributed by atoms with Gasteiger partial charge in [0.15, 0.2) is 11.4 Å². The second-order valence-electron chi connectivity index (χ2n) is 6.75. The van der Waals surface area contributed by atoms with Gasteiger partial charge in [-0.05, 0) is 56.0 Å². The molecule has 7 nitrogen and oxygen atoms in total. The minimum Gasteiger partial charge on any atom is -0.482 e. The fraction of sp³-hybridized carbons (Fsp3) is 0.417. The number of ether oxygens (including phenoxy) is 1. The van der Waals surface area contributed by atoms with Crippen molar-refractivity contribution in [2.24, 2.45) is 0 Å². The second-order valence-corrected chi connectivity index (χ2v) is 6.75.